The van der Waals surface area contributed by atoms with E-state index >= 15 is 0 Å². The van der Waals surface area contributed by atoms with E-state index in [-0.39, 0.29) is 0 Å². The molecule has 0 radical (unpaired) electrons. The van der Waals surface area contributed by atoms with Gasteiger partial charge < -0.3 is 18.8 Å². The predicted octanol–water partition coefficient (Wildman–Crippen LogP) is 4.00. The number of hydrogen-bond donors (Lipinski definition) is 0. The molecule has 0 saturated carbocycles. The lowest BCUT2D eigenvalue weighted by Crippen LogP contribution is -2.12. The molecule has 1 aromatic heterocycles. The summed E-state index contributed by atoms with van der Waals surface area (Å²) in [5, 5.41) is 0. The Morgan fingerprint density at radius 2 is 1.96 bits per heavy atom. The number of rotatable bonds is 9. The van der Waals surface area contributed by atoms with E-state index in [0.717, 1.165) is 40.3 Å². The van der Waals surface area contributed by atoms with Crippen LogP contribution in [0, 0.1) is 0 Å². The molecule has 0 saturated heterocycles. The van der Waals surface area contributed by atoms with Gasteiger partial charge in [0.2, 0.25) is 0 Å². The third-order valence-electron chi connectivity index (χ3n) is 4.19. The number of ether oxygens (including phenoxy) is 3. The molecular formula is C21H24N2O3. The first-order valence-electron chi connectivity index (χ1n) is 8.60. The number of fused-ring (bicyclic) bond motifs is 1. The molecule has 0 spiro atoms. The van der Waals surface area contributed by atoms with Gasteiger partial charge in [-0.25, -0.2) is 4.98 Å². The Hall–Kier alpha value is -2.79. The molecule has 5 heteroatoms. The van der Waals surface area contributed by atoms with Crippen LogP contribution in [0.4, 0.5) is 0 Å². The summed E-state index contributed by atoms with van der Waals surface area (Å²) in [4.78, 5) is 4.64. The van der Waals surface area contributed by atoms with E-state index in [2.05, 4.69) is 22.2 Å². The molecule has 0 aliphatic heterocycles. The van der Waals surface area contributed by atoms with Crippen LogP contribution in [-0.2, 0) is 24.3 Å². The minimum atomic E-state index is 0.467. The molecule has 5 nitrogen and oxygen atoms in total. The minimum absolute atomic E-state index is 0.467. The third-order valence-corrected chi connectivity index (χ3v) is 4.19. The van der Waals surface area contributed by atoms with Crippen molar-refractivity contribution in [1.82, 2.24) is 9.55 Å². The maximum Gasteiger partial charge on any atom is 0.161 e. The zero-order valence-electron chi connectivity index (χ0n) is 15.3. The fraction of sp³-hybridized carbons (Fsp3) is 0.286. The molecule has 0 atom stereocenters. The first kappa shape index (κ1) is 18.0. The van der Waals surface area contributed by atoms with Gasteiger partial charge in [0.05, 0.1) is 24.7 Å². The Labute approximate surface area is 153 Å². The van der Waals surface area contributed by atoms with E-state index in [0.29, 0.717) is 19.8 Å². The van der Waals surface area contributed by atoms with Gasteiger partial charge in [-0.2, -0.15) is 0 Å². The highest BCUT2D eigenvalue weighted by Gasteiger charge is 2.11. The highest BCUT2D eigenvalue weighted by atomic mass is 16.5. The van der Waals surface area contributed by atoms with Gasteiger partial charge in [-0.1, -0.05) is 24.3 Å². The summed E-state index contributed by atoms with van der Waals surface area (Å²) in [6.45, 7) is 5.42. The van der Waals surface area contributed by atoms with Crippen LogP contribution in [0.5, 0.6) is 11.5 Å². The third kappa shape index (κ3) is 3.89. The number of allylic oxidation sites excluding steroid dienone is 1. The van der Waals surface area contributed by atoms with Gasteiger partial charge in [-0.3, -0.25) is 0 Å². The van der Waals surface area contributed by atoms with E-state index < -0.39 is 0 Å². The Morgan fingerprint density at radius 1 is 1.12 bits per heavy atom. The van der Waals surface area contributed by atoms with Gasteiger partial charge >= 0.3 is 0 Å². The second-order valence-corrected chi connectivity index (χ2v) is 5.93. The van der Waals surface area contributed by atoms with Crippen LogP contribution in [-0.4, -0.2) is 30.4 Å². The lowest BCUT2D eigenvalue weighted by molar-refractivity contribution is 0.173. The molecular weight excluding hydrogens is 328 g/mol. The molecule has 0 aliphatic rings. The van der Waals surface area contributed by atoms with Crippen molar-refractivity contribution in [2.45, 2.75) is 19.6 Å². The number of aromatic nitrogens is 2. The van der Waals surface area contributed by atoms with Crippen molar-refractivity contribution >= 4 is 11.0 Å². The van der Waals surface area contributed by atoms with Crippen LogP contribution in [0.25, 0.3) is 11.0 Å². The average molecular weight is 352 g/mol. The van der Waals surface area contributed by atoms with Crippen LogP contribution in [0.2, 0.25) is 0 Å². The Balaban J connectivity index is 1.75. The van der Waals surface area contributed by atoms with Crippen LogP contribution < -0.4 is 9.47 Å². The Morgan fingerprint density at radius 3 is 2.73 bits per heavy atom. The number of nitrogens with zero attached hydrogens (tertiary/aromatic N) is 2. The molecule has 3 rings (SSSR count). The molecule has 1 heterocycles. The number of benzene rings is 2. The first-order valence-corrected chi connectivity index (χ1v) is 8.60. The number of hydrogen-bond acceptors (Lipinski definition) is 4. The molecule has 0 N–H and O–H groups in total. The molecule has 0 unspecified atom stereocenters. The van der Waals surface area contributed by atoms with Gasteiger partial charge in [0, 0.05) is 7.11 Å². The standard InChI is InChI=1S/C21H24N2O3/c1-4-7-16-10-11-19(20(14-16)25-3)26-13-12-23-18-9-6-5-8-17(18)22-21(23)15-24-2/h4-6,8-11,14H,1,7,12-13,15H2,2-3H3. The summed E-state index contributed by atoms with van der Waals surface area (Å²) in [6.07, 6.45) is 2.68. The van der Waals surface area contributed by atoms with E-state index in [1.165, 1.54) is 0 Å². The molecule has 0 bridgehead atoms. The lowest BCUT2D eigenvalue weighted by atomic mass is 10.1. The van der Waals surface area contributed by atoms with Crippen LogP contribution in [0.15, 0.2) is 55.1 Å². The summed E-state index contributed by atoms with van der Waals surface area (Å²) >= 11 is 0. The summed E-state index contributed by atoms with van der Waals surface area (Å²) in [5.41, 5.74) is 3.19. The molecule has 26 heavy (non-hydrogen) atoms. The number of methoxy groups -OCH3 is 2. The monoisotopic (exact) mass is 352 g/mol. The van der Waals surface area contributed by atoms with Crippen molar-refractivity contribution in [1.29, 1.82) is 0 Å². The lowest BCUT2D eigenvalue weighted by Gasteiger charge is -2.13. The average Bonchev–Trinajstić information content (AvgIpc) is 3.01. The van der Waals surface area contributed by atoms with Gasteiger partial charge in [0.25, 0.3) is 0 Å². The first-order chi connectivity index (χ1) is 12.8. The quantitative estimate of drug-likeness (QED) is 0.546. The number of imidazole rings is 1. The van der Waals surface area contributed by atoms with Crippen LogP contribution >= 0.6 is 0 Å². The normalized spacial score (nSPS) is 10.8. The zero-order chi connectivity index (χ0) is 18.4. The summed E-state index contributed by atoms with van der Waals surface area (Å²) in [7, 11) is 3.33. The van der Waals surface area contributed by atoms with Crippen molar-refractivity contribution in [3.05, 3.63) is 66.5 Å². The van der Waals surface area contributed by atoms with Crippen molar-refractivity contribution < 1.29 is 14.2 Å². The van der Waals surface area contributed by atoms with Crippen molar-refractivity contribution in [3.63, 3.8) is 0 Å². The van der Waals surface area contributed by atoms with Gasteiger partial charge in [-0.05, 0) is 36.2 Å². The Bertz CT molecular complexity index is 886. The predicted molar refractivity (Wildman–Crippen MR) is 103 cm³/mol. The Kier molecular flexibility index (Phi) is 5.92. The summed E-state index contributed by atoms with van der Waals surface area (Å²) in [6, 6.07) is 14.0. The molecule has 136 valence electrons. The highest BCUT2D eigenvalue weighted by molar-refractivity contribution is 5.75. The number of para-hydroxylation sites is 2. The second-order valence-electron chi connectivity index (χ2n) is 5.93. The SMILES string of the molecule is C=CCc1ccc(OCCn2c(COC)nc3ccccc32)c(OC)c1. The zero-order valence-corrected chi connectivity index (χ0v) is 15.3. The topological polar surface area (TPSA) is 45.5 Å². The molecule has 2 aromatic carbocycles. The van der Waals surface area contributed by atoms with E-state index in [4.69, 9.17) is 14.2 Å². The molecule has 0 amide bonds. The van der Waals surface area contributed by atoms with Crippen molar-refractivity contribution in [2.24, 2.45) is 0 Å². The smallest absolute Gasteiger partial charge is 0.161 e. The van der Waals surface area contributed by atoms with Crippen LogP contribution in [0.3, 0.4) is 0 Å². The summed E-state index contributed by atoms with van der Waals surface area (Å²) < 4.78 is 18.8. The fourth-order valence-corrected chi connectivity index (χ4v) is 2.99. The van der Waals surface area contributed by atoms with Gasteiger partial charge in [0.15, 0.2) is 11.5 Å². The minimum Gasteiger partial charge on any atom is -0.493 e. The molecule has 0 fully saturated rings. The largest absolute Gasteiger partial charge is 0.493 e. The van der Waals surface area contributed by atoms with Crippen molar-refractivity contribution in [3.8, 4) is 11.5 Å². The maximum atomic E-state index is 5.98. The van der Waals surface area contributed by atoms with E-state index in [1.54, 1.807) is 14.2 Å². The maximum absolute atomic E-state index is 5.98. The van der Waals surface area contributed by atoms with Crippen molar-refractivity contribution in [2.75, 3.05) is 20.8 Å². The van der Waals surface area contributed by atoms with E-state index in [9.17, 15) is 0 Å². The van der Waals surface area contributed by atoms with Crippen LogP contribution in [0.1, 0.15) is 11.4 Å². The summed E-state index contributed by atoms with van der Waals surface area (Å²) in [5.74, 6) is 2.36. The fourth-order valence-electron chi connectivity index (χ4n) is 2.99. The second kappa shape index (κ2) is 8.54. The van der Waals surface area contributed by atoms with Gasteiger partial charge in [0.1, 0.15) is 19.0 Å². The van der Waals surface area contributed by atoms with E-state index in [1.807, 2.05) is 42.5 Å². The molecule has 0 aliphatic carbocycles. The molecule has 3 aromatic rings. The highest BCUT2D eigenvalue weighted by Crippen LogP contribution is 2.28. The van der Waals surface area contributed by atoms with Gasteiger partial charge in [-0.15, -0.1) is 6.58 Å².